The van der Waals surface area contributed by atoms with Crippen LogP contribution in [0.4, 0.5) is 0 Å². The van der Waals surface area contributed by atoms with E-state index in [0.29, 0.717) is 16.5 Å². The third-order valence-corrected chi connectivity index (χ3v) is 2.68. The van der Waals surface area contributed by atoms with Gasteiger partial charge in [0.25, 0.3) is 0 Å². The number of rotatable bonds is 2. The Labute approximate surface area is 104 Å². The highest BCUT2D eigenvalue weighted by Gasteiger charge is 2.03. The molecule has 0 atom stereocenters. The molecule has 1 aromatic carbocycles. The average molecular weight is 245 g/mol. The van der Waals surface area contributed by atoms with Crippen LogP contribution in [0.3, 0.4) is 0 Å². The third-order valence-electron chi connectivity index (χ3n) is 2.37. The van der Waals surface area contributed by atoms with Crippen molar-refractivity contribution < 1.29 is 4.74 Å². The maximum atomic E-state index is 8.78. The number of hydrogen-bond donors (Lipinski definition) is 0. The molecule has 0 spiro atoms. The van der Waals surface area contributed by atoms with Gasteiger partial charge in [0.05, 0.1) is 17.7 Å². The van der Waals surface area contributed by atoms with Gasteiger partial charge in [-0.25, -0.2) is 4.98 Å². The number of halogens is 1. The summed E-state index contributed by atoms with van der Waals surface area (Å²) < 4.78 is 4.99. The largest absolute Gasteiger partial charge is 0.481 e. The minimum atomic E-state index is 0.445. The summed E-state index contributed by atoms with van der Waals surface area (Å²) in [5.74, 6) is 0.563. The van der Waals surface area contributed by atoms with Crippen LogP contribution in [0.5, 0.6) is 5.88 Å². The van der Waals surface area contributed by atoms with Crippen molar-refractivity contribution in [3.63, 3.8) is 0 Å². The number of nitrogens with zero attached hydrogens (tertiary/aromatic N) is 2. The molecule has 0 aliphatic rings. The molecule has 0 radical (unpaired) electrons. The van der Waals surface area contributed by atoms with Crippen molar-refractivity contribution in [3.8, 4) is 23.1 Å². The molecule has 0 N–H and O–H groups in total. The summed E-state index contributed by atoms with van der Waals surface area (Å²) in [6.45, 7) is 0. The summed E-state index contributed by atoms with van der Waals surface area (Å²) in [5, 5.41) is 9.23. The molecule has 1 heterocycles. The van der Waals surface area contributed by atoms with E-state index in [-0.39, 0.29) is 0 Å². The molecule has 2 rings (SSSR count). The standard InChI is InChI=1S/C13H9ClN2O/c1-17-13-5-4-11(8-16-13)9-2-3-10(7-15)12(14)6-9/h2-6,8H,1H3. The molecule has 3 nitrogen and oxygen atoms in total. The number of ether oxygens (including phenoxy) is 1. The SMILES string of the molecule is COc1ccc(-c2ccc(C#N)c(Cl)c2)cn1. The Morgan fingerprint density at radius 1 is 1.24 bits per heavy atom. The summed E-state index contributed by atoms with van der Waals surface area (Å²) in [4.78, 5) is 4.12. The summed E-state index contributed by atoms with van der Waals surface area (Å²) in [7, 11) is 1.57. The van der Waals surface area contributed by atoms with Gasteiger partial charge in [0.2, 0.25) is 5.88 Å². The molecular formula is C13H9ClN2O. The topological polar surface area (TPSA) is 45.9 Å². The zero-order valence-electron chi connectivity index (χ0n) is 9.14. The Morgan fingerprint density at radius 2 is 2.00 bits per heavy atom. The second kappa shape index (κ2) is 4.86. The molecule has 0 saturated heterocycles. The van der Waals surface area contributed by atoms with Gasteiger partial charge in [0, 0.05) is 17.8 Å². The van der Waals surface area contributed by atoms with Crippen molar-refractivity contribution in [1.29, 1.82) is 5.26 Å². The predicted octanol–water partition coefficient (Wildman–Crippen LogP) is 3.28. The first-order valence-corrected chi connectivity index (χ1v) is 5.32. The molecule has 2 aromatic rings. The average Bonchev–Trinajstić information content (AvgIpc) is 2.39. The molecule has 84 valence electrons. The zero-order valence-corrected chi connectivity index (χ0v) is 9.90. The van der Waals surface area contributed by atoms with E-state index < -0.39 is 0 Å². The van der Waals surface area contributed by atoms with Gasteiger partial charge in [-0.05, 0) is 23.8 Å². The van der Waals surface area contributed by atoms with Crippen molar-refractivity contribution >= 4 is 11.6 Å². The van der Waals surface area contributed by atoms with Crippen LogP contribution in [0.2, 0.25) is 5.02 Å². The number of pyridine rings is 1. The van der Waals surface area contributed by atoms with Crippen LogP contribution < -0.4 is 4.74 Å². The summed E-state index contributed by atoms with van der Waals surface area (Å²) in [6, 6.07) is 11.0. The van der Waals surface area contributed by atoms with Gasteiger partial charge in [-0.3, -0.25) is 0 Å². The predicted molar refractivity (Wildman–Crippen MR) is 66.0 cm³/mol. The van der Waals surface area contributed by atoms with Gasteiger partial charge in [0.1, 0.15) is 6.07 Å². The normalized spacial score (nSPS) is 9.71. The number of methoxy groups -OCH3 is 1. The molecule has 0 aliphatic heterocycles. The highest BCUT2D eigenvalue weighted by atomic mass is 35.5. The fourth-order valence-electron chi connectivity index (χ4n) is 1.46. The van der Waals surface area contributed by atoms with Crippen LogP contribution in [-0.2, 0) is 0 Å². The van der Waals surface area contributed by atoms with Crippen LogP contribution in [0, 0.1) is 11.3 Å². The molecule has 0 aliphatic carbocycles. The molecule has 1 aromatic heterocycles. The molecule has 0 bridgehead atoms. The minimum Gasteiger partial charge on any atom is -0.481 e. The van der Waals surface area contributed by atoms with E-state index in [1.54, 1.807) is 31.5 Å². The lowest BCUT2D eigenvalue weighted by Crippen LogP contribution is -1.87. The summed E-state index contributed by atoms with van der Waals surface area (Å²) in [6.07, 6.45) is 1.70. The summed E-state index contributed by atoms with van der Waals surface area (Å²) >= 11 is 5.97. The van der Waals surface area contributed by atoms with Crippen LogP contribution in [0.1, 0.15) is 5.56 Å². The number of benzene rings is 1. The van der Waals surface area contributed by atoms with Crippen LogP contribution in [0.15, 0.2) is 36.5 Å². The second-order valence-corrected chi connectivity index (χ2v) is 3.80. The Morgan fingerprint density at radius 3 is 2.53 bits per heavy atom. The Kier molecular flexibility index (Phi) is 3.27. The first-order chi connectivity index (χ1) is 8.24. The van der Waals surface area contributed by atoms with E-state index in [1.165, 1.54) is 0 Å². The Hall–Kier alpha value is -2.05. The summed E-state index contributed by atoms with van der Waals surface area (Å²) in [5.41, 5.74) is 2.32. The van der Waals surface area contributed by atoms with Gasteiger partial charge in [0.15, 0.2) is 0 Å². The van der Waals surface area contributed by atoms with Crippen LogP contribution in [-0.4, -0.2) is 12.1 Å². The van der Waals surface area contributed by atoms with Crippen molar-refractivity contribution in [3.05, 3.63) is 47.1 Å². The van der Waals surface area contributed by atoms with Crippen molar-refractivity contribution in [1.82, 2.24) is 4.98 Å². The third kappa shape index (κ3) is 2.38. The van der Waals surface area contributed by atoms with Crippen molar-refractivity contribution in [2.45, 2.75) is 0 Å². The zero-order chi connectivity index (χ0) is 12.3. The van der Waals surface area contributed by atoms with Gasteiger partial charge in [-0.15, -0.1) is 0 Å². The number of aromatic nitrogens is 1. The van der Waals surface area contributed by atoms with Crippen LogP contribution in [0.25, 0.3) is 11.1 Å². The van der Waals surface area contributed by atoms with E-state index in [2.05, 4.69) is 4.98 Å². The van der Waals surface area contributed by atoms with Crippen LogP contribution >= 0.6 is 11.6 Å². The number of hydrogen-bond acceptors (Lipinski definition) is 3. The molecular weight excluding hydrogens is 236 g/mol. The Balaban J connectivity index is 2.40. The van der Waals surface area contributed by atoms with Gasteiger partial charge < -0.3 is 4.74 Å². The highest BCUT2D eigenvalue weighted by Crippen LogP contribution is 2.25. The molecule has 0 fully saturated rings. The van der Waals surface area contributed by atoms with Gasteiger partial charge in [-0.2, -0.15) is 5.26 Å². The monoisotopic (exact) mass is 244 g/mol. The molecule has 0 unspecified atom stereocenters. The Bertz CT molecular complexity index is 573. The quantitative estimate of drug-likeness (QED) is 0.814. The second-order valence-electron chi connectivity index (χ2n) is 3.40. The lowest BCUT2D eigenvalue weighted by molar-refractivity contribution is 0.398. The molecule has 0 amide bonds. The van der Waals surface area contributed by atoms with Crippen molar-refractivity contribution in [2.75, 3.05) is 7.11 Å². The van der Waals surface area contributed by atoms with E-state index in [9.17, 15) is 0 Å². The van der Waals surface area contributed by atoms with E-state index in [1.807, 2.05) is 18.2 Å². The van der Waals surface area contributed by atoms with E-state index in [0.717, 1.165) is 11.1 Å². The fourth-order valence-corrected chi connectivity index (χ4v) is 1.68. The lowest BCUT2D eigenvalue weighted by atomic mass is 10.1. The van der Waals surface area contributed by atoms with E-state index >= 15 is 0 Å². The molecule has 17 heavy (non-hydrogen) atoms. The first-order valence-electron chi connectivity index (χ1n) is 4.94. The van der Waals surface area contributed by atoms with Gasteiger partial charge in [-0.1, -0.05) is 17.7 Å². The maximum Gasteiger partial charge on any atom is 0.212 e. The van der Waals surface area contributed by atoms with Crippen molar-refractivity contribution in [2.24, 2.45) is 0 Å². The minimum absolute atomic E-state index is 0.445. The highest BCUT2D eigenvalue weighted by molar-refractivity contribution is 6.32. The maximum absolute atomic E-state index is 8.78. The first kappa shape index (κ1) is 11.4. The van der Waals surface area contributed by atoms with E-state index in [4.69, 9.17) is 21.6 Å². The molecule has 0 saturated carbocycles. The fraction of sp³-hybridized carbons (Fsp3) is 0.0769. The smallest absolute Gasteiger partial charge is 0.212 e. The molecule has 4 heteroatoms. The lowest BCUT2D eigenvalue weighted by Gasteiger charge is -2.04. The van der Waals surface area contributed by atoms with Gasteiger partial charge >= 0.3 is 0 Å². The number of nitriles is 1.